The van der Waals surface area contributed by atoms with Gasteiger partial charge in [0.15, 0.2) is 23.3 Å². The Kier molecular flexibility index (Phi) is 5.81. The van der Waals surface area contributed by atoms with E-state index in [9.17, 15) is 22.4 Å². The van der Waals surface area contributed by atoms with E-state index in [0.717, 1.165) is 0 Å². The maximum atomic E-state index is 13.9. The normalized spacial score (nSPS) is 12.7. The highest BCUT2D eigenvalue weighted by Crippen LogP contribution is 2.28. The number of carbonyl (C=O) groups is 1. The summed E-state index contributed by atoms with van der Waals surface area (Å²) in [6.07, 6.45) is 4.32. The molecule has 0 aromatic heterocycles. The number of ether oxygens (including phenoxy) is 1. The van der Waals surface area contributed by atoms with Crippen molar-refractivity contribution in [2.45, 2.75) is 40.7 Å². The van der Waals surface area contributed by atoms with Crippen molar-refractivity contribution < 1.29 is 27.1 Å². The Morgan fingerprint density at radius 2 is 1.52 bits per heavy atom. The van der Waals surface area contributed by atoms with E-state index >= 15 is 0 Å². The average molecular weight is 330 g/mol. The monoisotopic (exact) mass is 330 g/mol. The zero-order valence-electron chi connectivity index (χ0n) is 13.4. The van der Waals surface area contributed by atoms with Crippen LogP contribution >= 0.6 is 0 Å². The van der Waals surface area contributed by atoms with Gasteiger partial charge in [-0.3, -0.25) is 4.79 Å². The van der Waals surface area contributed by atoms with Gasteiger partial charge in [0.25, 0.3) is 0 Å². The lowest BCUT2D eigenvalue weighted by Gasteiger charge is -2.25. The maximum Gasteiger partial charge on any atom is 0.309 e. The molecular formula is C17H18F4O2. The van der Waals surface area contributed by atoms with Crippen molar-refractivity contribution in [1.82, 2.24) is 0 Å². The second kappa shape index (κ2) is 7.03. The van der Waals surface area contributed by atoms with Gasteiger partial charge in [0.2, 0.25) is 0 Å². The van der Waals surface area contributed by atoms with Crippen LogP contribution in [0.25, 0.3) is 0 Å². The Morgan fingerprint density at radius 3 is 1.91 bits per heavy atom. The Bertz CT molecular complexity index is 625. The lowest BCUT2D eigenvalue weighted by molar-refractivity contribution is -0.153. The number of halogens is 4. The van der Waals surface area contributed by atoms with E-state index in [4.69, 9.17) is 11.2 Å². The summed E-state index contributed by atoms with van der Waals surface area (Å²) in [5.74, 6) is -5.72. The predicted octanol–water partition coefficient (Wildman–Crippen LogP) is 4.14. The largest absolute Gasteiger partial charge is 0.460 e. The molecule has 0 radical (unpaired) electrons. The Balaban J connectivity index is 3.08. The van der Waals surface area contributed by atoms with Gasteiger partial charge in [0.1, 0.15) is 6.61 Å². The molecule has 1 atom stereocenters. The van der Waals surface area contributed by atoms with Crippen molar-refractivity contribution in [1.29, 1.82) is 0 Å². The van der Waals surface area contributed by atoms with Crippen LogP contribution in [0.5, 0.6) is 0 Å². The molecule has 1 rings (SSSR count). The minimum absolute atomic E-state index is 0.429. The molecule has 0 saturated heterocycles. The summed E-state index contributed by atoms with van der Waals surface area (Å²) < 4.78 is 60.0. The molecule has 0 bridgehead atoms. The Morgan fingerprint density at radius 1 is 1.09 bits per heavy atom. The fraction of sp³-hybridized carbons (Fsp3) is 0.471. The predicted molar refractivity (Wildman–Crippen MR) is 77.2 cm³/mol. The first-order valence-electron chi connectivity index (χ1n) is 6.96. The molecule has 2 nitrogen and oxygen atoms in total. The second-order valence-corrected chi connectivity index (χ2v) is 6.29. The van der Waals surface area contributed by atoms with Crippen LogP contribution < -0.4 is 0 Å². The van der Waals surface area contributed by atoms with Crippen molar-refractivity contribution in [3.8, 4) is 12.3 Å². The zero-order chi connectivity index (χ0) is 17.9. The highest BCUT2D eigenvalue weighted by atomic mass is 19.2. The lowest BCUT2D eigenvalue weighted by Crippen LogP contribution is -2.27. The highest BCUT2D eigenvalue weighted by molar-refractivity contribution is 5.72. The maximum absolute atomic E-state index is 13.9. The zero-order valence-corrected chi connectivity index (χ0v) is 13.4. The summed E-state index contributed by atoms with van der Waals surface area (Å²) in [7, 11) is 0. The molecule has 1 aromatic rings. The third kappa shape index (κ3) is 4.04. The lowest BCUT2D eigenvalue weighted by atomic mass is 9.82. The molecule has 0 N–H and O–H groups in total. The van der Waals surface area contributed by atoms with Crippen LogP contribution in [0.1, 0.15) is 38.8 Å². The van der Waals surface area contributed by atoms with Crippen LogP contribution in [-0.4, -0.2) is 5.97 Å². The molecule has 1 aromatic carbocycles. The average Bonchev–Trinajstić information content (AvgIpc) is 2.47. The summed E-state index contributed by atoms with van der Waals surface area (Å²) in [6.45, 7) is 6.05. The van der Waals surface area contributed by atoms with Crippen LogP contribution in [0.3, 0.4) is 0 Å². The van der Waals surface area contributed by atoms with Crippen LogP contribution in [0.4, 0.5) is 17.6 Å². The summed E-state index contributed by atoms with van der Waals surface area (Å²) in [5.41, 5.74) is -2.27. The molecule has 23 heavy (non-hydrogen) atoms. The van der Waals surface area contributed by atoms with Crippen molar-refractivity contribution in [2.24, 2.45) is 11.3 Å². The van der Waals surface area contributed by atoms with Crippen LogP contribution in [-0.2, 0) is 22.6 Å². The molecule has 1 unspecified atom stereocenters. The van der Waals surface area contributed by atoms with Gasteiger partial charge in [-0.05, 0) is 5.41 Å². The van der Waals surface area contributed by atoms with E-state index < -0.39 is 64.7 Å². The summed E-state index contributed by atoms with van der Waals surface area (Å²) in [6, 6.07) is 0. The van der Waals surface area contributed by atoms with Crippen molar-refractivity contribution in [3.63, 3.8) is 0 Å². The van der Waals surface area contributed by atoms with Crippen molar-refractivity contribution >= 4 is 5.97 Å². The SMILES string of the molecule is C#CCc1c(F)c(F)c(COC(=O)C(C)C(C)(C)C)c(F)c1F. The second-order valence-electron chi connectivity index (χ2n) is 6.29. The van der Waals surface area contributed by atoms with Gasteiger partial charge < -0.3 is 4.74 Å². The van der Waals surface area contributed by atoms with Gasteiger partial charge in [0.05, 0.1) is 11.5 Å². The third-order valence-corrected chi connectivity index (χ3v) is 3.74. The minimum Gasteiger partial charge on any atom is -0.460 e. The molecule has 0 amide bonds. The highest BCUT2D eigenvalue weighted by Gasteiger charge is 2.30. The Labute approximate surface area is 132 Å². The first kappa shape index (κ1) is 19.0. The molecule has 6 heteroatoms. The van der Waals surface area contributed by atoms with E-state index in [0.29, 0.717) is 0 Å². The van der Waals surface area contributed by atoms with Gasteiger partial charge in [-0.1, -0.05) is 27.7 Å². The molecule has 0 aliphatic heterocycles. The van der Waals surface area contributed by atoms with Crippen LogP contribution in [0.2, 0.25) is 0 Å². The van der Waals surface area contributed by atoms with E-state index in [1.807, 2.05) is 5.92 Å². The topological polar surface area (TPSA) is 26.3 Å². The van der Waals surface area contributed by atoms with Gasteiger partial charge in [0, 0.05) is 12.0 Å². The van der Waals surface area contributed by atoms with E-state index in [-0.39, 0.29) is 0 Å². The fourth-order valence-corrected chi connectivity index (χ4v) is 1.73. The van der Waals surface area contributed by atoms with Crippen molar-refractivity contribution in [2.75, 3.05) is 0 Å². The van der Waals surface area contributed by atoms with Crippen molar-refractivity contribution in [3.05, 3.63) is 34.4 Å². The van der Waals surface area contributed by atoms with E-state index in [1.165, 1.54) is 0 Å². The van der Waals surface area contributed by atoms with E-state index in [2.05, 4.69) is 0 Å². The van der Waals surface area contributed by atoms with Crippen LogP contribution in [0.15, 0.2) is 0 Å². The Hall–Kier alpha value is -2.03. The molecule has 0 fully saturated rings. The number of hydrogen-bond donors (Lipinski definition) is 0. The summed E-state index contributed by atoms with van der Waals surface area (Å²) in [4.78, 5) is 11.8. The fourth-order valence-electron chi connectivity index (χ4n) is 1.73. The molecular weight excluding hydrogens is 312 g/mol. The minimum atomic E-state index is -1.61. The summed E-state index contributed by atoms with van der Waals surface area (Å²) in [5, 5.41) is 0. The quantitative estimate of drug-likeness (QED) is 0.359. The van der Waals surface area contributed by atoms with Crippen LogP contribution in [0, 0.1) is 46.9 Å². The number of rotatable bonds is 4. The number of esters is 1. The molecule has 0 saturated carbocycles. The smallest absolute Gasteiger partial charge is 0.309 e. The standard InChI is InChI=1S/C17H18F4O2/c1-6-7-10-12(18)14(20)11(15(21)13(10)19)8-23-16(22)9(2)17(3,4)5/h1,9H,7-8H2,2-5H3. The molecule has 0 aliphatic carbocycles. The molecule has 0 heterocycles. The molecule has 126 valence electrons. The van der Waals surface area contributed by atoms with Gasteiger partial charge >= 0.3 is 5.97 Å². The number of terminal acetylenes is 1. The summed E-state index contributed by atoms with van der Waals surface area (Å²) >= 11 is 0. The molecule has 0 spiro atoms. The van der Waals surface area contributed by atoms with Gasteiger partial charge in [-0.15, -0.1) is 12.3 Å². The number of hydrogen-bond acceptors (Lipinski definition) is 2. The first-order valence-corrected chi connectivity index (χ1v) is 6.96. The van der Waals surface area contributed by atoms with Gasteiger partial charge in [-0.25, -0.2) is 17.6 Å². The van der Waals surface area contributed by atoms with Gasteiger partial charge in [-0.2, -0.15) is 0 Å². The number of carbonyl (C=O) groups excluding carboxylic acids is 1. The first-order chi connectivity index (χ1) is 10.5. The molecule has 0 aliphatic rings. The number of benzene rings is 1. The van der Waals surface area contributed by atoms with E-state index in [1.54, 1.807) is 27.7 Å². The third-order valence-electron chi connectivity index (χ3n) is 3.74.